The van der Waals surface area contributed by atoms with Gasteiger partial charge in [0.05, 0.1) is 6.54 Å². The van der Waals surface area contributed by atoms with Crippen molar-refractivity contribution in [3.63, 3.8) is 0 Å². The van der Waals surface area contributed by atoms with Crippen LogP contribution in [0.25, 0.3) is 10.8 Å². The van der Waals surface area contributed by atoms with Gasteiger partial charge < -0.3 is 14.8 Å². The summed E-state index contributed by atoms with van der Waals surface area (Å²) in [5, 5.41) is 5.00. The minimum atomic E-state index is -0.532. The van der Waals surface area contributed by atoms with Gasteiger partial charge in [-0.25, -0.2) is 0 Å². The molecule has 140 valence electrons. The molecule has 1 N–H and O–H groups in total. The molecule has 0 saturated carbocycles. The van der Waals surface area contributed by atoms with Gasteiger partial charge in [0.25, 0.3) is 5.91 Å². The fraction of sp³-hybridized carbons (Fsp3) is 0.261. The number of hydrogen-bond acceptors (Lipinski definition) is 3. The van der Waals surface area contributed by atoms with E-state index in [1.807, 2.05) is 80.6 Å². The van der Waals surface area contributed by atoms with Crippen molar-refractivity contribution in [3.8, 4) is 11.5 Å². The smallest absolute Gasteiger partial charge is 0.261 e. The quantitative estimate of drug-likeness (QED) is 0.600. The first kappa shape index (κ1) is 18.8. The van der Waals surface area contributed by atoms with Gasteiger partial charge in [0, 0.05) is 5.39 Å². The largest absolute Gasteiger partial charge is 0.492 e. The zero-order valence-electron chi connectivity index (χ0n) is 15.8. The molecule has 3 aromatic carbocycles. The van der Waals surface area contributed by atoms with E-state index in [9.17, 15) is 4.79 Å². The average Bonchev–Trinajstić information content (AvgIpc) is 2.70. The SMILES string of the molecule is CCC(Oc1cccc2ccccc12)C(=O)NCCOc1ccc(C)cc1. The molecule has 3 aromatic rings. The van der Waals surface area contributed by atoms with E-state index >= 15 is 0 Å². The van der Waals surface area contributed by atoms with E-state index in [0.29, 0.717) is 19.6 Å². The second kappa shape index (κ2) is 9.08. The van der Waals surface area contributed by atoms with Crippen molar-refractivity contribution >= 4 is 16.7 Å². The molecule has 1 unspecified atom stereocenters. The first-order valence-corrected chi connectivity index (χ1v) is 9.29. The number of carbonyl (C=O) groups is 1. The molecule has 3 rings (SSSR count). The van der Waals surface area contributed by atoms with E-state index in [1.165, 1.54) is 5.56 Å². The van der Waals surface area contributed by atoms with Crippen molar-refractivity contribution in [1.82, 2.24) is 5.32 Å². The lowest BCUT2D eigenvalue weighted by Gasteiger charge is -2.18. The van der Waals surface area contributed by atoms with Crippen LogP contribution in [0.4, 0.5) is 0 Å². The van der Waals surface area contributed by atoms with Gasteiger partial charge in [-0.3, -0.25) is 4.79 Å². The predicted octanol–water partition coefficient (Wildman–Crippen LogP) is 4.50. The summed E-state index contributed by atoms with van der Waals surface area (Å²) in [6.45, 7) is 4.82. The average molecular weight is 363 g/mol. The van der Waals surface area contributed by atoms with Gasteiger partial charge >= 0.3 is 0 Å². The third-order valence-electron chi connectivity index (χ3n) is 4.37. The maximum atomic E-state index is 12.5. The van der Waals surface area contributed by atoms with Crippen molar-refractivity contribution < 1.29 is 14.3 Å². The molecule has 0 fully saturated rings. The fourth-order valence-corrected chi connectivity index (χ4v) is 2.87. The summed E-state index contributed by atoms with van der Waals surface area (Å²) >= 11 is 0. The number of fused-ring (bicyclic) bond motifs is 1. The number of nitrogens with one attached hydrogen (secondary N) is 1. The maximum Gasteiger partial charge on any atom is 0.261 e. The predicted molar refractivity (Wildman–Crippen MR) is 108 cm³/mol. The van der Waals surface area contributed by atoms with Crippen molar-refractivity contribution in [2.45, 2.75) is 26.4 Å². The molecule has 27 heavy (non-hydrogen) atoms. The number of ether oxygens (including phenoxy) is 2. The minimum Gasteiger partial charge on any atom is -0.492 e. The monoisotopic (exact) mass is 363 g/mol. The van der Waals surface area contributed by atoms with Crippen molar-refractivity contribution in [3.05, 3.63) is 72.3 Å². The number of amides is 1. The zero-order valence-corrected chi connectivity index (χ0v) is 15.8. The summed E-state index contributed by atoms with van der Waals surface area (Å²) < 4.78 is 11.7. The van der Waals surface area contributed by atoms with Crippen molar-refractivity contribution in [2.24, 2.45) is 0 Å². The first-order valence-electron chi connectivity index (χ1n) is 9.29. The molecular weight excluding hydrogens is 338 g/mol. The molecule has 0 aliphatic heterocycles. The van der Waals surface area contributed by atoms with Crippen LogP contribution in [0.3, 0.4) is 0 Å². The molecule has 0 spiro atoms. The van der Waals surface area contributed by atoms with Crippen LogP contribution in [-0.4, -0.2) is 25.2 Å². The molecule has 0 bridgehead atoms. The Balaban J connectivity index is 1.53. The summed E-state index contributed by atoms with van der Waals surface area (Å²) in [5.41, 5.74) is 1.19. The van der Waals surface area contributed by atoms with Crippen LogP contribution in [0.15, 0.2) is 66.7 Å². The van der Waals surface area contributed by atoms with Crippen LogP contribution in [0.1, 0.15) is 18.9 Å². The molecule has 1 amide bonds. The Labute approximate surface area is 160 Å². The molecule has 4 nitrogen and oxygen atoms in total. The number of benzene rings is 3. The van der Waals surface area contributed by atoms with Gasteiger partial charge in [-0.1, -0.05) is 61.0 Å². The number of hydrogen-bond donors (Lipinski definition) is 1. The second-order valence-electron chi connectivity index (χ2n) is 6.44. The molecule has 0 aliphatic carbocycles. The van der Waals surface area contributed by atoms with E-state index in [1.54, 1.807) is 0 Å². The Kier molecular flexibility index (Phi) is 6.31. The Hall–Kier alpha value is -3.01. The number of carbonyl (C=O) groups excluding carboxylic acids is 1. The standard InChI is InChI=1S/C23H25NO3/c1-3-21(27-22-10-6-8-18-7-4-5-9-20(18)22)23(25)24-15-16-26-19-13-11-17(2)12-14-19/h4-14,21H,3,15-16H2,1-2H3,(H,24,25). The molecule has 0 heterocycles. The second-order valence-corrected chi connectivity index (χ2v) is 6.44. The summed E-state index contributed by atoms with van der Waals surface area (Å²) in [6, 6.07) is 21.7. The van der Waals surface area contributed by atoms with Gasteiger partial charge in [0.1, 0.15) is 18.1 Å². The lowest BCUT2D eigenvalue weighted by molar-refractivity contribution is -0.128. The lowest BCUT2D eigenvalue weighted by Crippen LogP contribution is -2.39. The third kappa shape index (κ3) is 5.00. The minimum absolute atomic E-state index is 0.127. The van der Waals surface area contributed by atoms with Gasteiger partial charge in [-0.05, 0) is 36.9 Å². The highest BCUT2D eigenvalue weighted by Crippen LogP contribution is 2.26. The van der Waals surface area contributed by atoms with Gasteiger partial charge in [-0.15, -0.1) is 0 Å². The Morgan fingerprint density at radius 2 is 1.74 bits per heavy atom. The van der Waals surface area contributed by atoms with Crippen LogP contribution in [0.2, 0.25) is 0 Å². The zero-order chi connectivity index (χ0) is 19.1. The topological polar surface area (TPSA) is 47.6 Å². The number of rotatable bonds is 8. The Morgan fingerprint density at radius 1 is 1.00 bits per heavy atom. The van der Waals surface area contributed by atoms with E-state index in [4.69, 9.17) is 9.47 Å². The van der Waals surface area contributed by atoms with Crippen LogP contribution in [0.5, 0.6) is 11.5 Å². The molecule has 4 heteroatoms. The molecule has 0 saturated heterocycles. The lowest BCUT2D eigenvalue weighted by atomic mass is 10.1. The third-order valence-corrected chi connectivity index (χ3v) is 4.37. The first-order chi connectivity index (χ1) is 13.2. The van der Waals surface area contributed by atoms with Crippen molar-refractivity contribution in [2.75, 3.05) is 13.2 Å². The van der Waals surface area contributed by atoms with E-state index < -0.39 is 6.10 Å². The molecular formula is C23H25NO3. The summed E-state index contributed by atoms with van der Waals surface area (Å²) in [5.74, 6) is 1.40. The highest BCUT2D eigenvalue weighted by atomic mass is 16.5. The summed E-state index contributed by atoms with van der Waals surface area (Å²) in [4.78, 5) is 12.5. The molecule has 0 aromatic heterocycles. The van der Waals surface area contributed by atoms with Crippen molar-refractivity contribution in [1.29, 1.82) is 0 Å². The van der Waals surface area contributed by atoms with Crippen LogP contribution in [-0.2, 0) is 4.79 Å². The van der Waals surface area contributed by atoms with E-state index in [-0.39, 0.29) is 5.91 Å². The summed E-state index contributed by atoms with van der Waals surface area (Å²) in [7, 11) is 0. The van der Waals surface area contributed by atoms with E-state index in [2.05, 4.69) is 5.32 Å². The van der Waals surface area contributed by atoms with Gasteiger partial charge in [0.15, 0.2) is 6.10 Å². The molecule has 1 atom stereocenters. The highest BCUT2D eigenvalue weighted by molar-refractivity contribution is 5.89. The maximum absolute atomic E-state index is 12.5. The highest BCUT2D eigenvalue weighted by Gasteiger charge is 2.18. The van der Waals surface area contributed by atoms with E-state index in [0.717, 1.165) is 22.3 Å². The Bertz CT molecular complexity index is 884. The number of aryl methyl sites for hydroxylation is 1. The van der Waals surface area contributed by atoms with Gasteiger partial charge in [0.2, 0.25) is 0 Å². The summed E-state index contributed by atoms with van der Waals surface area (Å²) in [6.07, 6.45) is 0.0589. The van der Waals surface area contributed by atoms with Crippen LogP contribution >= 0.6 is 0 Å². The Morgan fingerprint density at radius 3 is 2.52 bits per heavy atom. The van der Waals surface area contributed by atoms with Crippen LogP contribution < -0.4 is 14.8 Å². The molecule has 0 radical (unpaired) electrons. The fourth-order valence-electron chi connectivity index (χ4n) is 2.87. The normalized spacial score (nSPS) is 11.8. The van der Waals surface area contributed by atoms with Gasteiger partial charge in [-0.2, -0.15) is 0 Å². The molecule has 0 aliphatic rings. The van der Waals surface area contributed by atoms with Crippen LogP contribution in [0, 0.1) is 6.92 Å².